The standard InChI is InChI=1S/C8H6FNO/c1-6-3-2-4-7(8(6)9)10-5-11/h2-4H,1H3. The molecule has 56 valence electrons. The molecule has 0 spiro atoms. The highest BCUT2D eigenvalue weighted by atomic mass is 19.1. The highest BCUT2D eigenvalue weighted by molar-refractivity contribution is 5.50. The van der Waals surface area contributed by atoms with Crippen LogP contribution >= 0.6 is 0 Å². The van der Waals surface area contributed by atoms with E-state index in [4.69, 9.17) is 0 Å². The zero-order chi connectivity index (χ0) is 8.27. The van der Waals surface area contributed by atoms with Crippen LogP contribution in [0.4, 0.5) is 10.1 Å². The number of halogens is 1. The maximum absolute atomic E-state index is 12.9. The summed E-state index contributed by atoms with van der Waals surface area (Å²) in [5, 5.41) is 0. The van der Waals surface area contributed by atoms with Crippen molar-refractivity contribution in [2.24, 2.45) is 4.99 Å². The lowest BCUT2D eigenvalue weighted by atomic mass is 10.2. The molecule has 0 radical (unpaired) electrons. The maximum Gasteiger partial charge on any atom is 0.240 e. The van der Waals surface area contributed by atoms with Gasteiger partial charge in [-0.2, -0.15) is 4.99 Å². The molecule has 0 aliphatic rings. The summed E-state index contributed by atoms with van der Waals surface area (Å²) in [5.74, 6) is -0.462. The van der Waals surface area contributed by atoms with Gasteiger partial charge in [0.15, 0.2) is 5.82 Å². The first-order chi connectivity index (χ1) is 5.25. The summed E-state index contributed by atoms with van der Waals surface area (Å²) >= 11 is 0. The second kappa shape index (κ2) is 3.08. The Kier molecular flexibility index (Phi) is 2.14. The van der Waals surface area contributed by atoms with Gasteiger partial charge in [-0.1, -0.05) is 12.1 Å². The lowest BCUT2D eigenvalue weighted by Crippen LogP contribution is -1.80. The van der Waals surface area contributed by atoms with E-state index in [1.54, 1.807) is 19.1 Å². The molecule has 0 aliphatic heterocycles. The van der Waals surface area contributed by atoms with Crippen LogP contribution in [0.2, 0.25) is 0 Å². The first-order valence-corrected chi connectivity index (χ1v) is 3.08. The molecule has 0 bridgehead atoms. The van der Waals surface area contributed by atoms with Crippen LogP contribution in [0.15, 0.2) is 23.2 Å². The molecule has 0 aromatic heterocycles. The van der Waals surface area contributed by atoms with Crippen molar-refractivity contribution in [1.29, 1.82) is 0 Å². The zero-order valence-electron chi connectivity index (χ0n) is 5.97. The van der Waals surface area contributed by atoms with Gasteiger partial charge in [0.05, 0.1) is 0 Å². The van der Waals surface area contributed by atoms with E-state index in [0.29, 0.717) is 5.56 Å². The summed E-state index contributed by atoms with van der Waals surface area (Å²) in [6, 6.07) is 4.67. The maximum atomic E-state index is 12.9. The van der Waals surface area contributed by atoms with Crippen molar-refractivity contribution >= 4 is 11.8 Å². The molecule has 0 amide bonds. The number of hydrogen-bond acceptors (Lipinski definition) is 2. The van der Waals surface area contributed by atoms with Crippen LogP contribution in [0.5, 0.6) is 0 Å². The Hall–Kier alpha value is -1.47. The highest BCUT2D eigenvalue weighted by Crippen LogP contribution is 2.18. The van der Waals surface area contributed by atoms with Crippen molar-refractivity contribution in [2.75, 3.05) is 0 Å². The Balaban J connectivity index is 3.26. The molecule has 0 heterocycles. The first kappa shape index (κ1) is 7.63. The zero-order valence-corrected chi connectivity index (χ0v) is 5.97. The quantitative estimate of drug-likeness (QED) is 0.446. The first-order valence-electron chi connectivity index (χ1n) is 3.08. The van der Waals surface area contributed by atoms with Crippen LogP contribution in [-0.4, -0.2) is 6.08 Å². The molecule has 0 unspecified atom stereocenters. The molecule has 11 heavy (non-hydrogen) atoms. The Labute approximate surface area is 63.4 Å². The number of carbonyl (C=O) groups excluding carboxylic acids is 1. The van der Waals surface area contributed by atoms with Crippen molar-refractivity contribution in [1.82, 2.24) is 0 Å². The minimum absolute atomic E-state index is 0.0417. The van der Waals surface area contributed by atoms with Crippen LogP contribution in [0.1, 0.15) is 5.56 Å². The number of aryl methyl sites for hydroxylation is 1. The van der Waals surface area contributed by atoms with Gasteiger partial charge in [-0.15, -0.1) is 0 Å². The smallest absolute Gasteiger partial charge is 0.211 e. The van der Waals surface area contributed by atoms with E-state index in [2.05, 4.69) is 4.99 Å². The number of nitrogens with zero attached hydrogens (tertiary/aromatic N) is 1. The third-order valence-electron chi connectivity index (χ3n) is 1.34. The molecule has 2 nitrogen and oxygen atoms in total. The van der Waals surface area contributed by atoms with Gasteiger partial charge in [0, 0.05) is 0 Å². The van der Waals surface area contributed by atoms with Gasteiger partial charge >= 0.3 is 0 Å². The van der Waals surface area contributed by atoms with E-state index in [1.807, 2.05) is 0 Å². The molecule has 1 aromatic carbocycles. The van der Waals surface area contributed by atoms with Gasteiger partial charge in [-0.05, 0) is 18.6 Å². The fourth-order valence-electron chi connectivity index (χ4n) is 0.767. The minimum Gasteiger partial charge on any atom is -0.211 e. The van der Waals surface area contributed by atoms with E-state index in [-0.39, 0.29) is 5.69 Å². The van der Waals surface area contributed by atoms with Crippen molar-refractivity contribution < 1.29 is 9.18 Å². The Morgan fingerprint density at radius 3 is 2.91 bits per heavy atom. The van der Waals surface area contributed by atoms with Crippen molar-refractivity contribution in [3.8, 4) is 0 Å². The molecule has 0 fully saturated rings. The average Bonchev–Trinajstić information content (AvgIpc) is 1.99. The largest absolute Gasteiger partial charge is 0.240 e. The fourth-order valence-corrected chi connectivity index (χ4v) is 0.767. The number of hydrogen-bond donors (Lipinski definition) is 0. The number of isocyanates is 1. The van der Waals surface area contributed by atoms with Crippen LogP contribution in [0, 0.1) is 12.7 Å². The monoisotopic (exact) mass is 151 g/mol. The summed E-state index contributed by atoms with van der Waals surface area (Å²) < 4.78 is 12.9. The van der Waals surface area contributed by atoms with E-state index in [1.165, 1.54) is 12.1 Å². The van der Waals surface area contributed by atoms with E-state index in [9.17, 15) is 9.18 Å². The van der Waals surface area contributed by atoms with Crippen molar-refractivity contribution in [2.45, 2.75) is 6.92 Å². The summed E-state index contributed by atoms with van der Waals surface area (Å²) in [4.78, 5) is 13.0. The summed E-state index contributed by atoms with van der Waals surface area (Å²) in [6.07, 6.45) is 1.29. The molecule has 0 saturated carbocycles. The van der Waals surface area contributed by atoms with Crippen LogP contribution in [0.3, 0.4) is 0 Å². The summed E-state index contributed by atoms with van der Waals surface area (Å²) in [5.41, 5.74) is 0.515. The molecule has 1 aromatic rings. The molecule has 0 aliphatic carbocycles. The highest BCUT2D eigenvalue weighted by Gasteiger charge is 2.01. The third kappa shape index (κ3) is 1.51. The van der Waals surface area contributed by atoms with Gasteiger partial charge in [0.25, 0.3) is 0 Å². The molecular formula is C8H6FNO. The van der Waals surface area contributed by atoms with E-state index < -0.39 is 5.82 Å². The predicted octanol–water partition coefficient (Wildman–Crippen LogP) is 2.10. The second-order valence-electron chi connectivity index (χ2n) is 2.11. The number of rotatable bonds is 1. The third-order valence-corrected chi connectivity index (χ3v) is 1.34. The van der Waals surface area contributed by atoms with Crippen LogP contribution in [-0.2, 0) is 4.79 Å². The lowest BCUT2D eigenvalue weighted by Gasteiger charge is -1.96. The van der Waals surface area contributed by atoms with Crippen molar-refractivity contribution in [3.63, 3.8) is 0 Å². The summed E-state index contributed by atoms with van der Waals surface area (Å²) in [7, 11) is 0. The van der Waals surface area contributed by atoms with Gasteiger partial charge < -0.3 is 0 Å². The molecular weight excluding hydrogens is 145 g/mol. The van der Waals surface area contributed by atoms with Gasteiger partial charge in [-0.25, -0.2) is 9.18 Å². The fraction of sp³-hybridized carbons (Fsp3) is 0.125. The van der Waals surface area contributed by atoms with Gasteiger partial charge in [0.1, 0.15) is 5.69 Å². The van der Waals surface area contributed by atoms with Gasteiger partial charge in [0.2, 0.25) is 6.08 Å². The number of benzene rings is 1. The Morgan fingerprint density at radius 2 is 2.27 bits per heavy atom. The SMILES string of the molecule is Cc1cccc(N=C=O)c1F. The van der Waals surface area contributed by atoms with E-state index >= 15 is 0 Å². The molecule has 0 saturated heterocycles. The lowest BCUT2D eigenvalue weighted by molar-refractivity contribution is 0.564. The van der Waals surface area contributed by atoms with Gasteiger partial charge in [-0.3, -0.25) is 0 Å². The predicted molar refractivity (Wildman–Crippen MR) is 38.9 cm³/mol. The molecule has 0 N–H and O–H groups in total. The van der Waals surface area contributed by atoms with Crippen molar-refractivity contribution in [3.05, 3.63) is 29.6 Å². The minimum atomic E-state index is -0.462. The normalized spacial score (nSPS) is 8.91. The van der Waals surface area contributed by atoms with Crippen LogP contribution in [0.25, 0.3) is 0 Å². The Bertz CT molecular complexity index is 316. The topological polar surface area (TPSA) is 29.4 Å². The summed E-state index contributed by atoms with van der Waals surface area (Å²) in [6.45, 7) is 1.61. The second-order valence-corrected chi connectivity index (χ2v) is 2.11. The molecule has 3 heteroatoms. The van der Waals surface area contributed by atoms with E-state index in [0.717, 1.165) is 0 Å². The number of aliphatic imine (C=N–C) groups is 1. The molecule has 1 rings (SSSR count). The van der Waals surface area contributed by atoms with Crippen LogP contribution < -0.4 is 0 Å². The average molecular weight is 151 g/mol. The Morgan fingerprint density at radius 1 is 1.55 bits per heavy atom. The molecule has 0 atom stereocenters.